The summed E-state index contributed by atoms with van der Waals surface area (Å²) < 4.78 is 11.7. The van der Waals surface area contributed by atoms with Crippen molar-refractivity contribution in [3.8, 4) is 17.8 Å². The third-order valence-electron chi connectivity index (χ3n) is 3.81. The van der Waals surface area contributed by atoms with E-state index in [2.05, 4.69) is 20.4 Å². The molecule has 0 amide bonds. The molecule has 2 aromatic heterocycles. The second kappa shape index (κ2) is 8.08. The van der Waals surface area contributed by atoms with Crippen molar-refractivity contribution >= 4 is 23.3 Å². The maximum atomic E-state index is 12.3. The minimum atomic E-state index is -0.682. The summed E-state index contributed by atoms with van der Waals surface area (Å²) in [6.07, 6.45) is 1.28. The third kappa shape index (κ3) is 4.64. The topological polar surface area (TPSA) is 141 Å². The zero-order valence-corrected chi connectivity index (χ0v) is 17.0. The molecule has 0 spiro atoms. The van der Waals surface area contributed by atoms with Gasteiger partial charge in [-0.2, -0.15) is 25.0 Å². The first-order chi connectivity index (χ1) is 14.2. The molecule has 0 aliphatic heterocycles. The molecule has 10 heteroatoms. The highest BCUT2D eigenvalue weighted by Gasteiger charge is 2.24. The predicted octanol–water partition coefficient (Wildman–Crippen LogP) is 2.82. The van der Waals surface area contributed by atoms with E-state index in [-0.39, 0.29) is 23.0 Å². The van der Waals surface area contributed by atoms with E-state index < -0.39 is 11.6 Å². The van der Waals surface area contributed by atoms with Gasteiger partial charge < -0.3 is 20.5 Å². The lowest BCUT2D eigenvalue weighted by molar-refractivity contribution is 0.00708. The number of methoxy groups -OCH3 is 1. The highest BCUT2D eigenvalue weighted by atomic mass is 16.6. The van der Waals surface area contributed by atoms with Gasteiger partial charge in [0.2, 0.25) is 0 Å². The number of nitrogens with one attached hydrogen (secondary N) is 1. The monoisotopic (exact) mass is 407 g/mol. The van der Waals surface area contributed by atoms with E-state index >= 15 is 0 Å². The lowest BCUT2D eigenvalue weighted by Crippen LogP contribution is -2.24. The molecule has 10 nitrogen and oxygen atoms in total. The van der Waals surface area contributed by atoms with E-state index in [9.17, 15) is 10.1 Å². The van der Waals surface area contributed by atoms with Crippen LogP contribution in [0, 0.1) is 11.3 Å². The number of nitrogens with zero attached hydrogens (tertiary/aromatic N) is 5. The number of benzene rings is 1. The van der Waals surface area contributed by atoms with Gasteiger partial charge in [-0.1, -0.05) is 0 Å². The molecule has 0 bridgehead atoms. The number of nitriles is 1. The predicted molar refractivity (Wildman–Crippen MR) is 110 cm³/mol. The van der Waals surface area contributed by atoms with Crippen LogP contribution in [-0.4, -0.2) is 38.4 Å². The average molecular weight is 407 g/mol. The van der Waals surface area contributed by atoms with E-state index in [1.54, 1.807) is 52.1 Å². The highest BCUT2D eigenvalue weighted by Crippen LogP contribution is 2.22. The first kappa shape index (κ1) is 20.6. The fraction of sp³-hybridized carbons (Fsp3) is 0.250. The van der Waals surface area contributed by atoms with Crippen LogP contribution in [0.25, 0.3) is 5.95 Å². The van der Waals surface area contributed by atoms with Gasteiger partial charge in [-0.3, -0.25) is 0 Å². The molecule has 30 heavy (non-hydrogen) atoms. The largest absolute Gasteiger partial charge is 0.497 e. The van der Waals surface area contributed by atoms with Crippen molar-refractivity contribution in [2.24, 2.45) is 0 Å². The molecule has 3 aromatic rings. The standard InChI is InChI=1S/C20H21N7O3/c1-20(2,3)30-18(28)15-11-23-27(17(15)22)19-25-13(10-21)9-16(26-19)24-12-5-7-14(29-4)8-6-12/h5-9,11H,22H2,1-4H3,(H,24,25,26). The smallest absolute Gasteiger partial charge is 0.344 e. The van der Waals surface area contributed by atoms with Crippen LogP contribution in [0.2, 0.25) is 0 Å². The molecular weight excluding hydrogens is 386 g/mol. The third-order valence-corrected chi connectivity index (χ3v) is 3.81. The second-order valence-corrected chi connectivity index (χ2v) is 7.26. The number of carbonyl (C=O) groups is 1. The first-order valence-corrected chi connectivity index (χ1v) is 8.97. The SMILES string of the molecule is COc1ccc(Nc2cc(C#N)nc(-n3ncc(C(=O)OC(C)(C)C)c3N)n2)cc1. The normalized spacial score (nSPS) is 10.9. The minimum Gasteiger partial charge on any atom is -0.497 e. The molecule has 154 valence electrons. The van der Waals surface area contributed by atoms with Crippen LogP contribution in [0.5, 0.6) is 5.75 Å². The summed E-state index contributed by atoms with van der Waals surface area (Å²) in [7, 11) is 1.58. The number of esters is 1. The van der Waals surface area contributed by atoms with E-state index in [0.717, 1.165) is 5.69 Å². The summed E-state index contributed by atoms with van der Waals surface area (Å²) >= 11 is 0. The Morgan fingerprint density at radius 2 is 1.93 bits per heavy atom. The fourth-order valence-electron chi connectivity index (χ4n) is 2.48. The molecule has 3 N–H and O–H groups in total. The van der Waals surface area contributed by atoms with Crippen molar-refractivity contribution in [1.29, 1.82) is 5.26 Å². The van der Waals surface area contributed by atoms with E-state index in [1.807, 2.05) is 6.07 Å². The maximum Gasteiger partial charge on any atom is 0.344 e. The van der Waals surface area contributed by atoms with Gasteiger partial charge in [-0.25, -0.2) is 4.79 Å². The number of rotatable bonds is 5. The van der Waals surface area contributed by atoms with E-state index in [1.165, 1.54) is 16.9 Å². The first-order valence-electron chi connectivity index (χ1n) is 8.97. The summed E-state index contributed by atoms with van der Waals surface area (Å²) in [6.45, 7) is 5.26. The van der Waals surface area contributed by atoms with Crippen LogP contribution in [0.1, 0.15) is 36.8 Å². The summed E-state index contributed by atoms with van der Waals surface area (Å²) in [5, 5.41) is 16.5. The Balaban J connectivity index is 1.94. The minimum absolute atomic E-state index is 0.00902. The highest BCUT2D eigenvalue weighted by molar-refractivity contribution is 5.94. The van der Waals surface area contributed by atoms with Gasteiger partial charge in [-0.15, -0.1) is 0 Å². The molecule has 0 aliphatic rings. The number of hydrogen-bond acceptors (Lipinski definition) is 9. The van der Waals surface area contributed by atoms with Crippen LogP contribution in [-0.2, 0) is 4.74 Å². The van der Waals surface area contributed by atoms with Gasteiger partial charge in [0.15, 0.2) is 0 Å². The van der Waals surface area contributed by atoms with Gasteiger partial charge >= 0.3 is 5.97 Å². The molecule has 0 aliphatic carbocycles. The Kier molecular flexibility index (Phi) is 5.55. The zero-order chi connectivity index (χ0) is 21.9. The van der Waals surface area contributed by atoms with Crippen molar-refractivity contribution in [2.45, 2.75) is 26.4 Å². The van der Waals surface area contributed by atoms with Gasteiger partial charge in [0, 0.05) is 11.8 Å². The molecule has 3 rings (SSSR count). The number of anilines is 3. The number of nitrogen functional groups attached to an aromatic ring is 1. The fourth-order valence-corrected chi connectivity index (χ4v) is 2.48. The molecule has 0 atom stereocenters. The molecule has 2 heterocycles. The molecule has 1 aromatic carbocycles. The van der Waals surface area contributed by atoms with Crippen LogP contribution < -0.4 is 15.8 Å². The average Bonchev–Trinajstić information content (AvgIpc) is 3.08. The van der Waals surface area contributed by atoms with Crippen LogP contribution in [0.4, 0.5) is 17.3 Å². The number of hydrogen-bond donors (Lipinski definition) is 2. The Hall–Kier alpha value is -4.13. The Morgan fingerprint density at radius 1 is 1.23 bits per heavy atom. The summed E-state index contributed by atoms with van der Waals surface area (Å²) in [5.74, 6) is 0.502. The van der Waals surface area contributed by atoms with Crippen molar-refractivity contribution < 1.29 is 14.3 Å². The number of carbonyl (C=O) groups excluding carboxylic acids is 1. The van der Waals surface area contributed by atoms with Gasteiger partial charge in [0.1, 0.15) is 40.3 Å². The summed E-state index contributed by atoms with van der Waals surface area (Å²) in [6, 6.07) is 10.6. The molecule has 0 radical (unpaired) electrons. The Bertz CT molecular complexity index is 1110. The lowest BCUT2D eigenvalue weighted by Gasteiger charge is -2.19. The van der Waals surface area contributed by atoms with Gasteiger partial charge in [-0.05, 0) is 45.0 Å². The Morgan fingerprint density at radius 3 is 2.53 bits per heavy atom. The quantitative estimate of drug-likeness (QED) is 0.611. The number of nitrogens with two attached hydrogens (primary N) is 1. The number of ether oxygens (including phenoxy) is 2. The number of aromatic nitrogens is 4. The van der Waals surface area contributed by atoms with Gasteiger partial charge in [0.25, 0.3) is 5.95 Å². The van der Waals surface area contributed by atoms with Crippen LogP contribution in [0.15, 0.2) is 36.5 Å². The maximum absolute atomic E-state index is 12.3. The van der Waals surface area contributed by atoms with E-state index in [0.29, 0.717) is 11.6 Å². The van der Waals surface area contributed by atoms with Crippen molar-refractivity contribution in [2.75, 3.05) is 18.2 Å². The van der Waals surface area contributed by atoms with Crippen molar-refractivity contribution in [3.63, 3.8) is 0 Å². The molecular formula is C20H21N7O3. The van der Waals surface area contributed by atoms with Crippen LogP contribution >= 0.6 is 0 Å². The van der Waals surface area contributed by atoms with E-state index in [4.69, 9.17) is 15.2 Å². The van der Waals surface area contributed by atoms with Crippen LogP contribution in [0.3, 0.4) is 0 Å². The second-order valence-electron chi connectivity index (χ2n) is 7.26. The molecule has 0 saturated heterocycles. The van der Waals surface area contributed by atoms with Gasteiger partial charge in [0.05, 0.1) is 13.3 Å². The summed E-state index contributed by atoms with van der Waals surface area (Å²) in [4.78, 5) is 20.8. The van der Waals surface area contributed by atoms with Crippen molar-refractivity contribution in [3.05, 3.63) is 47.8 Å². The molecule has 0 saturated carbocycles. The zero-order valence-electron chi connectivity index (χ0n) is 17.0. The Labute approximate surface area is 173 Å². The van der Waals surface area contributed by atoms with Crippen molar-refractivity contribution in [1.82, 2.24) is 19.7 Å². The summed E-state index contributed by atoms with van der Waals surface area (Å²) in [5.41, 5.74) is 6.32. The molecule has 0 unspecified atom stereocenters. The molecule has 0 fully saturated rings. The lowest BCUT2D eigenvalue weighted by atomic mass is 10.2.